The van der Waals surface area contributed by atoms with Crippen LogP contribution in [0.4, 0.5) is 0 Å². The molecule has 2 heterocycles. The number of rotatable bonds is 1. The van der Waals surface area contributed by atoms with Gasteiger partial charge in [0.2, 0.25) is 5.78 Å². The zero-order valence-electron chi connectivity index (χ0n) is 11.8. The minimum absolute atomic E-state index is 0.235. The number of imidazole rings is 1. The number of halogens is 1. The second-order valence-corrected chi connectivity index (χ2v) is 5.56. The fourth-order valence-corrected chi connectivity index (χ4v) is 2.68. The van der Waals surface area contributed by atoms with E-state index in [1.165, 1.54) is 4.40 Å². The first-order valence-corrected chi connectivity index (χ1v) is 7.32. The van der Waals surface area contributed by atoms with E-state index in [1.54, 1.807) is 54.6 Å². The van der Waals surface area contributed by atoms with Crippen LogP contribution in [-0.2, 0) is 0 Å². The summed E-state index contributed by atoms with van der Waals surface area (Å²) >= 11 is 5.86. The Hall–Kier alpha value is -2.92. The van der Waals surface area contributed by atoms with Crippen molar-refractivity contribution in [1.82, 2.24) is 14.4 Å². The molecule has 0 saturated heterocycles. The third-order valence-electron chi connectivity index (χ3n) is 3.65. The first-order valence-electron chi connectivity index (χ1n) is 6.94. The normalized spacial score (nSPS) is 12.3. The number of benzene rings is 2. The van der Waals surface area contributed by atoms with E-state index in [-0.39, 0.29) is 22.2 Å². The zero-order chi connectivity index (χ0) is 16.0. The summed E-state index contributed by atoms with van der Waals surface area (Å²) in [5, 5.41) is 1.31. The van der Waals surface area contributed by atoms with Crippen LogP contribution in [0.2, 0.25) is 5.02 Å². The summed E-state index contributed by atoms with van der Waals surface area (Å²) < 4.78 is 1.30. The lowest BCUT2D eigenvalue weighted by molar-refractivity contribution is 1.05. The zero-order valence-corrected chi connectivity index (χ0v) is 12.5. The molecule has 0 atom stereocenters. The summed E-state index contributed by atoms with van der Waals surface area (Å²) in [7, 11) is 0. The van der Waals surface area contributed by atoms with Gasteiger partial charge in [0.05, 0.1) is 10.9 Å². The summed E-state index contributed by atoms with van der Waals surface area (Å²) in [6.07, 6.45) is 1.64. The first kappa shape index (κ1) is 13.7. The first-order chi connectivity index (χ1) is 11.1. The number of fused-ring (bicyclic) bond motifs is 2. The molecule has 0 fully saturated rings. The number of nitrogens with zero attached hydrogens (tertiary/aromatic N) is 2. The van der Waals surface area contributed by atoms with Gasteiger partial charge in [0, 0.05) is 5.02 Å². The van der Waals surface area contributed by atoms with Crippen LogP contribution in [0.25, 0.3) is 22.8 Å². The molecular weight excluding hydrogens is 314 g/mol. The van der Waals surface area contributed by atoms with Gasteiger partial charge in [-0.3, -0.25) is 14.6 Å². The quantitative estimate of drug-likeness (QED) is 0.580. The van der Waals surface area contributed by atoms with Crippen molar-refractivity contribution in [1.29, 1.82) is 0 Å². The van der Waals surface area contributed by atoms with E-state index in [2.05, 4.69) is 9.97 Å². The van der Waals surface area contributed by atoms with Gasteiger partial charge in [0.25, 0.3) is 11.1 Å². The van der Waals surface area contributed by atoms with E-state index in [9.17, 15) is 9.59 Å². The van der Waals surface area contributed by atoms with Crippen LogP contribution >= 0.6 is 11.6 Å². The third-order valence-corrected chi connectivity index (χ3v) is 3.90. The van der Waals surface area contributed by atoms with E-state index in [4.69, 9.17) is 11.6 Å². The van der Waals surface area contributed by atoms with E-state index < -0.39 is 0 Å². The molecule has 0 spiro atoms. The van der Waals surface area contributed by atoms with Crippen molar-refractivity contribution >= 4 is 34.4 Å². The number of H-pyrrole nitrogens is 1. The Morgan fingerprint density at radius 1 is 1.04 bits per heavy atom. The van der Waals surface area contributed by atoms with Gasteiger partial charge in [-0.05, 0) is 35.9 Å². The number of hydrogen-bond donors (Lipinski definition) is 1. The van der Waals surface area contributed by atoms with E-state index >= 15 is 0 Å². The van der Waals surface area contributed by atoms with E-state index in [0.29, 0.717) is 15.9 Å². The van der Waals surface area contributed by atoms with Crippen molar-refractivity contribution in [3.05, 3.63) is 85.2 Å². The van der Waals surface area contributed by atoms with Gasteiger partial charge >= 0.3 is 0 Å². The van der Waals surface area contributed by atoms with Crippen molar-refractivity contribution in [2.24, 2.45) is 0 Å². The van der Waals surface area contributed by atoms with Gasteiger partial charge in [0.1, 0.15) is 5.35 Å². The molecule has 0 aliphatic rings. The molecule has 0 amide bonds. The largest absolute Gasteiger partial charge is 0.290 e. The summed E-state index contributed by atoms with van der Waals surface area (Å²) in [5.41, 5.74) is 0.688. The van der Waals surface area contributed by atoms with Gasteiger partial charge in [0.15, 0.2) is 0 Å². The molecule has 112 valence electrons. The number of hydrogen-bond acceptors (Lipinski definition) is 3. The highest BCUT2D eigenvalue weighted by Gasteiger charge is 2.09. The van der Waals surface area contributed by atoms with E-state index in [1.807, 2.05) is 0 Å². The van der Waals surface area contributed by atoms with Crippen molar-refractivity contribution < 1.29 is 0 Å². The number of nitrogens with one attached hydrogen (secondary N) is 1. The second-order valence-electron chi connectivity index (χ2n) is 5.13. The highest BCUT2D eigenvalue weighted by molar-refractivity contribution is 6.30. The predicted octanol–water partition coefficient (Wildman–Crippen LogP) is 1.74. The summed E-state index contributed by atoms with van der Waals surface area (Å²) in [4.78, 5) is 31.9. The summed E-state index contributed by atoms with van der Waals surface area (Å²) in [5.74, 6) is 0.235. The molecular formula is C17H10ClN3O2. The highest BCUT2D eigenvalue weighted by Crippen LogP contribution is 2.10. The molecule has 0 aliphatic carbocycles. The molecule has 2 aromatic carbocycles. The molecule has 0 saturated carbocycles. The minimum Gasteiger partial charge on any atom is -0.290 e. The SMILES string of the molecule is O=c1[nH]c2nc3ccccc3c(=O)n2/c1=C\c1ccc(Cl)cc1. The van der Waals surface area contributed by atoms with Crippen LogP contribution in [0.15, 0.2) is 58.1 Å². The Morgan fingerprint density at radius 3 is 2.57 bits per heavy atom. The van der Waals surface area contributed by atoms with Crippen LogP contribution in [0.1, 0.15) is 5.56 Å². The average molecular weight is 324 g/mol. The number of aromatic amines is 1. The molecule has 6 heteroatoms. The van der Waals surface area contributed by atoms with Crippen LogP contribution in [-0.4, -0.2) is 14.4 Å². The Morgan fingerprint density at radius 2 is 1.78 bits per heavy atom. The van der Waals surface area contributed by atoms with Crippen LogP contribution < -0.4 is 16.5 Å². The fourth-order valence-electron chi connectivity index (χ4n) is 2.55. The maximum atomic E-state index is 12.7. The molecule has 4 rings (SSSR count). The third kappa shape index (κ3) is 2.22. The lowest BCUT2D eigenvalue weighted by Crippen LogP contribution is -2.32. The predicted molar refractivity (Wildman–Crippen MR) is 89.8 cm³/mol. The molecule has 2 aromatic heterocycles. The lowest BCUT2D eigenvalue weighted by Gasteiger charge is -1.98. The van der Waals surface area contributed by atoms with Crippen molar-refractivity contribution in [3.63, 3.8) is 0 Å². The molecule has 0 bridgehead atoms. The maximum Gasteiger partial charge on any atom is 0.275 e. The van der Waals surface area contributed by atoms with Crippen molar-refractivity contribution in [3.8, 4) is 0 Å². The number of aromatic nitrogens is 3. The second kappa shape index (κ2) is 5.07. The Kier molecular flexibility index (Phi) is 3.02. The smallest absolute Gasteiger partial charge is 0.275 e. The van der Waals surface area contributed by atoms with Crippen LogP contribution in [0.3, 0.4) is 0 Å². The molecule has 23 heavy (non-hydrogen) atoms. The minimum atomic E-state index is -0.361. The van der Waals surface area contributed by atoms with Crippen LogP contribution in [0, 0.1) is 0 Å². The molecule has 0 aliphatic heterocycles. The van der Waals surface area contributed by atoms with Gasteiger partial charge < -0.3 is 0 Å². The number of para-hydroxylation sites is 1. The molecule has 4 aromatic rings. The topological polar surface area (TPSA) is 67.2 Å². The molecule has 0 radical (unpaired) electrons. The van der Waals surface area contributed by atoms with Crippen LogP contribution in [0.5, 0.6) is 0 Å². The maximum absolute atomic E-state index is 12.7. The fraction of sp³-hybridized carbons (Fsp3) is 0. The highest BCUT2D eigenvalue weighted by atomic mass is 35.5. The summed E-state index contributed by atoms with van der Waals surface area (Å²) in [6, 6.07) is 14.0. The summed E-state index contributed by atoms with van der Waals surface area (Å²) in [6.45, 7) is 0. The Labute approximate surface area is 134 Å². The standard InChI is InChI=1S/C17H10ClN3O2/c18-11-7-5-10(6-8-11)9-14-15(22)20-17-19-13-4-2-1-3-12(13)16(23)21(14)17/h1-9H,(H,19,20,22)/b14-9-. The van der Waals surface area contributed by atoms with Gasteiger partial charge in [-0.25, -0.2) is 9.38 Å². The molecule has 1 N–H and O–H groups in total. The lowest BCUT2D eigenvalue weighted by atomic mass is 10.2. The van der Waals surface area contributed by atoms with Crippen molar-refractivity contribution in [2.75, 3.05) is 0 Å². The van der Waals surface area contributed by atoms with Gasteiger partial charge in [-0.15, -0.1) is 0 Å². The average Bonchev–Trinajstić information content (AvgIpc) is 2.86. The van der Waals surface area contributed by atoms with Gasteiger partial charge in [-0.2, -0.15) is 0 Å². The van der Waals surface area contributed by atoms with E-state index in [0.717, 1.165) is 5.56 Å². The van der Waals surface area contributed by atoms with Gasteiger partial charge in [-0.1, -0.05) is 35.9 Å². The Bertz CT molecular complexity index is 1210. The monoisotopic (exact) mass is 323 g/mol. The molecule has 5 nitrogen and oxygen atoms in total. The molecule has 0 unspecified atom stereocenters. The van der Waals surface area contributed by atoms with Crippen molar-refractivity contribution in [2.45, 2.75) is 0 Å². The Balaban J connectivity index is 2.13.